The molecule has 0 bridgehead atoms. The van der Waals surface area contributed by atoms with E-state index in [0.29, 0.717) is 22.3 Å². The largest absolute Gasteiger partial charge is 0.497 e. The van der Waals surface area contributed by atoms with E-state index in [0.717, 1.165) is 11.6 Å². The SMILES string of the molecule is COc1ccc(CC(=O)Nc2ccc3[nH]c(C(F)(F)F)cc3c2)cc1. The summed E-state index contributed by atoms with van der Waals surface area (Å²) < 4.78 is 43.2. The molecule has 0 saturated carbocycles. The molecular formula is C18H15F3N2O2. The third-order valence-electron chi connectivity index (χ3n) is 3.73. The fourth-order valence-electron chi connectivity index (χ4n) is 2.50. The maximum Gasteiger partial charge on any atom is 0.431 e. The second-order valence-corrected chi connectivity index (χ2v) is 5.56. The van der Waals surface area contributed by atoms with Crippen LogP contribution in [0.15, 0.2) is 48.5 Å². The van der Waals surface area contributed by atoms with Gasteiger partial charge < -0.3 is 15.0 Å². The Balaban J connectivity index is 1.72. The lowest BCUT2D eigenvalue weighted by molar-refractivity contribution is -0.140. The molecule has 2 N–H and O–H groups in total. The maximum atomic E-state index is 12.7. The Morgan fingerprint density at radius 3 is 2.48 bits per heavy atom. The highest BCUT2D eigenvalue weighted by Crippen LogP contribution is 2.31. The number of alkyl halides is 3. The summed E-state index contributed by atoms with van der Waals surface area (Å²) in [5.41, 5.74) is 0.795. The quantitative estimate of drug-likeness (QED) is 0.735. The van der Waals surface area contributed by atoms with Crippen molar-refractivity contribution in [3.63, 3.8) is 0 Å². The minimum atomic E-state index is -4.43. The molecule has 0 radical (unpaired) electrons. The summed E-state index contributed by atoms with van der Waals surface area (Å²) in [6.07, 6.45) is -4.28. The first-order valence-corrected chi connectivity index (χ1v) is 7.48. The van der Waals surface area contributed by atoms with Gasteiger partial charge in [-0.15, -0.1) is 0 Å². The van der Waals surface area contributed by atoms with Gasteiger partial charge in [-0.2, -0.15) is 13.2 Å². The molecule has 7 heteroatoms. The van der Waals surface area contributed by atoms with Gasteiger partial charge in [0.25, 0.3) is 0 Å². The van der Waals surface area contributed by atoms with Gasteiger partial charge in [0.05, 0.1) is 13.5 Å². The van der Waals surface area contributed by atoms with Gasteiger partial charge in [0.1, 0.15) is 11.4 Å². The summed E-state index contributed by atoms with van der Waals surface area (Å²) in [4.78, 5) is 14.4. The number of rotatable bonds is 4. The average Bonchev–Trinajstić information content (AvgIpc) is 2.99. The summed E-state index contributed by atoms with van der Waals surface area (Å²) in [6.45, 7) is 0. The van der Waals surface area contributed by atoms with Crippen molar-refractivity contribution in [2.75, 3.05) is 12.4 Å². The number of hydrogen-bond acceptors (Lipinski definition) is 2. The number of methoxy groups -OCH3 is 1. The molecular weight excluding hydrogens is 333 g/mol. The number of nitrogens with one attached hydrogen (secondary N) is 2. The lowest BCUT2D eigenvalue weighted by atomic mass is 10.1. The molecule has 3 aromatic rings. The first-order valence-electron chi connectivity index (χ1n) is 7.48. The second-order valence-electron chi connectivity index (χ2n) is 5.56. The normalized spacial score (nSPS) is 11.5. The molecule has 3 rings (SSSR count). The predicted octanol–water partition coefficient (Wildman–Crippen LogP) is 4.38. The standard InChI is InChI=1S/C18H15F3N2O2/c1-25-14-5-2-11(3-6-14)8-17(24)22-13-4-7-15-12(9-13)10-16(23-15)18(19,20)21/h2-7,9-10,23H,8H2,1H3,(H,22,24). The van der Waals surface area contributed by atoms with Crippen molar-refractivity contribution in [2.45, 2.75) is 12.6 Å². The molecule has 130 valence electrons. The number of amides is 1. The number of anilines is 1. The summed E-state index contributed by atoms with van der Waals surface area (Å²) >= 11 is 0. The van der Waals surface area contributed by atoms with Gasteiger partial charge in [-0.25, -0.2) is 0 Å². The zero-order valence-electron chi connectivity index (χ0n) is 13.3. The van der Waals surface area contributed by atoms with Gasteiger partial charge in [0, 0.05) is 16.6 Å². The Hall–Kier alpha value is -2.96. The van der Waals surface area contributed by atoms with Crippen molar-refractivity contribution in [3.8, 4) is 5.75 Å². The van der Waals surface area contributed by atoms with Crippen LogP contribution < -0.4 is 10.1 Å². The van der Waals surface area contributed by atoms with Crippen molar-refractivity contribution in [1.29, 1.82) is 0 Å². The summed E-state index contributed by atoms with van der Waals surface area (Å²) in [7, 11) is 1.56. The highest BCUT2D eigenvalue weighted by atomic mass is 19.4. The van der Waals surface area contributed by atoms with Gasteiger partial charge in [-0.05, 0) is 42.0 Å². The molecule has 1 heterocycles. The molecule has 0 aliphatic rings. The van der Waals surface area contributed by atoms with Crippen molar-refractivity contribution < 1.29 is 22.7 Å². The summed E-state index contributed by atoms with van der Waals surface area (Å²) in [5.74, 6) is 0.443. The lowest BCUT2D eigenvalue weighted by Gasteiger charge is -2.06. The smallest absolute Gasteiger partial charge is 0.431 e. The molecule has 4 nitrogen and oxygen atoms in total. The zero-order valence-corrected chi connectivity index (χ0v) is 13.3. The Kier molecular flexibility index (Phi) is 4.39. The van der Waals surface area contributed by atoms with Crippen LogP contribution in [0.2, 0.25) is 0 Å². The lowest BCUT2D eigenvalue weighted by Crippen LogP contribution is -2.14. The van der Waals surface area contributed by atoms with Crippen molar-refractivity contribution in [2.24, 2.45) is 0 Å². The van der Waals surface area contributed by atoms with Gasteiger partial charge in [-0.1, -0.05) is 12.1 Å². The number of carbonyl (C=O) groups excluding carboxylic acids is 1. The third kappa shape index (κ3) is 3.93. The van der Waals surface area contributed by atoms with Gasteiger partial charge >= 0.3 is 6.18 Å². The maximum absolute atomic E-state index is 12.7. The van der Waals surface area contributed by atoms with Gasteiger partial charge in [0.15, 0.2) is 0 Å². The van der Waals surface area contributed by atoms with Crippen LogP contribution in [0.3, 0.4) is 0 Å². The van der Waals surface area contributed by atoms with E-state index in [1.165, 1.54) is 12.1 Å². The molecule has 0 saturated heterocycles. The Morgan fingerprint density at radius 2 is 1.84 bits per heavy atom. The van der Waals surface area contributed by atoms with E-state index in [1.54, 1.807) is 37.4 Å². The molecule has 0 atom stereocenters. The second kappa shape index (κ2) is 6.51. The minimum absolute atomic E-state index is 0.156. The molecule has 1 aromatic heterocycles. The molecule has 0 unspecified atom stereocenters. The van der Waals surface area contributed by atoms with E-state index in [2.05, 4.69) is 10.3 Å². The van der Waals surface area contributed by atoms with E-state index < -0.39 is 11.9 Å². The number of H-pyrrole nitrogens is 1. The number of fused-ring (bicyclic) bond motifs is 1. The molecule has 1 amide bonds. The predicted molar refractivity (Wildman–Crippen MR) is 88.6 cm³/mol. The fourth-order valence-corrected chi connectivity index (χ4v) is 2.50. The molecule has 0 aliphatic carbocycles. The van der Waals surface area contributed by atoms with Crippen LogP contribution in [0.1, 0.15) is 11.3 Å². The van der Waals surface area contributed by atoms with Crippen LogP contribution in [-0.2, 0) is 17.4 Å². The number of carbonyl (C=O) groups is 1. The van der Waals surface area contributed by atoms with Crippen molar-refractivity contribution >= 4 is 22.5 Å². The average molecular weight is 348 g/mol. The first-order chi connectivity index (χ1) is 11.8. The van der Waals surface area contributed by atoms with Crippen LogP contribution in [-0.4, -0.2) is 18.0 Å². The first kappa shape index (κ1) is 16.9. The third-order valence-corrected chi connectivity index (χ3v) is 3.73. The topological polar surface area (TPSA) is 54.1 Å². The number of aromatic amines is 1. The number of hydrogen-bond donors (Lipinski definition) is 2. The molecule has 0 spiro atoms. The Labute approximate surface area is 141 Å². The number of halogens is 3. The van der Waals surface area contributed by atoms with Crippen LogP contribution in [0.5, 0.6) is 5.75 Å². The van der Waals surface area contributed by atoms with Crippen molar-refractivity contribution in [1.82, 2.24) is 4.98 Å². The number of ether oxygens (including phenoxy) is 1. The van der Waals surface area contributed by atoms with E-state index in [-0.39, 0.29) is 12.3 Å². The Morgan fingerprint density at radius 1 is 1.12 bits per heavy atom. The molecule has 0 fully saturated rings. The fraction of sp³-hybridized carbons (Fsp3) is 0.167. The Bertz CT molecular complexity index is 899. The zero-order chi connectivity index (χ0) is 18.0. The number of aromatic nitrogens is 1. The van der Waals surface area contributed by atoms with E-state index in [1.807, 2.05) is 0 Å². The van der Waals surface area contributed by atoms with E-state index in [9.17, 15) is 18.0 Å². The van der Waals surface area contributed by atoms with Crippen LogP contribution in [0, 0.1) is 0 Å². The van der Waals surface area contributed by atoms with Crippen LogP contribution in [0.4, 0.5) is 18.9 Å². The van der Waals surface area contributed by atoms with Gasteiger partial charge in [-0.3, -0.25) is 4.79 Å². The van der Waals surface area contributed by atoms with Crippen LogP contribution >= 0.6 is 0 Å². The highest BCUT2D eigenvalue weighted by molar-refractivity contribution is 5.95. The van der Waals surface area contributed by atoms with Gasteiger partial charge in [0.2, 0.25) is 5.91 Å². The summed E-state index contributed by atoms with van der Waals surface area (Å²) in [6, 6.07) is 12.7. The molecule has 2 aromatic carbocycles. The monoisotopic (exact) mass is 348 g/mol. The van der Waals surface area contributed by atoms with Crippen molar-refractivity contribution in [3.05, 3.63) is 59.8 Å². The molecule has 0 aliphatic heterocycles. The highest BCUT2D eigenvalue weighted by Gasteiger charge is 2.32. The summed E-state index contributed by atoms with van der Waals surface area (Å²) in [5, 5.41) is 3.08. The van der Waals surface area contributed by atoms with E-state index in [4.69, 9.17) is 4.74 Å². The number of benzene rings is 2. The van der Waals surface area contributed by atoms with E-state index >= 15 is 0 Å². The van der Waals surface area contributed by atoms with Crippen LogP contribution in [0.25, 0.3) is 10.9 Å². The molecule has 25 heavy (non-hydrogen) atoms. The minimum Gasteiger partial charge on any atom is -0.497 e.